The number of hydrogen-bond donors (Lipinski definition) is 1. The minimum absolute atomic E-state index is 0.277. The van der Waals surface area contributed by atoms with Gasteiger partial charge in [-0.05, 0) is 21.0 Å². The van der Waals surface area contributed by atoms with E-state index in [-0.39, 0.29) is 5.82 Å². The molecule has 1 aromatic rings. The van der Waals surface area contributed by atoms with E-state index in [0.717, 1.165) is 13.0 Å². The van der Waals surface area contributed by atoms with Crippen LogP contribution in [0.25, 0.3) is 0 Å². The molecule has 0 aromatic carbocycles. The number of nitrogens with zero attached hydrogens (tertiary/aromatic N) is 4. The van der Waals surface area contributed by atoms with Crippen LogP contribution in [0.4, 0.5) is 5.82 Å². The Morgan fingerprint density at radius 1 is 1.40 bits per heavy atom. The average molecular weight is 205 g/mol. The summed E-state index contributed by atoms with van der Waals surface area (Å²) in [5.74, 6) is 0.969. The lowest BCUT2D eigenvalue weighted by Crippen LogP contribution is -2.17. The van der Waals surface area contributed by atoms with Crippen LogP contribution in [0.15, 0.2) is 0 Å². The highest BCUT2D eigenvalue weighted by Gasteiger charge is 2.08. The van der Waals surface area contributed by atoms with Crippen molar-refractivity contribution >= 4 is 5.82 Å². The Labute approximate surface area is 89.6 Å². The summed E-state index contributed by atoms with van der Waals surface area (Å²) in [5.41, 5.74) is 6.68. The number of nitriles is 1. The molecule has 1 rings (SSSR count). The fourth-order valence-corrected chi connectivity index (χ4v) is 1.23. The van der Waals surface area contributed by atoms with E-state index >= 15 is 0 Å². The summed E-state index contributed by atoms with van der Waals surface area (Å²) in [6.45, 7) is 2.64. The van der Waals surface area contributed by atoms with Gasteiger partial charge in [-0.2, -0.15) is 5.26 Å². The first-order valence-corrected chi connectivity index (χ1v) is 4.72. The highest BCUT2D eigenvalue weighted by atomic mass is 15.1. The maximum absolute atomic E-state index is 8.79. The predicted molar refractivity (Wildman–Crippen MR) is 58.2 cm³/mol. The average Bonchev–Trinajstić information content (AvgIpc) is 2.14. The van der Waals surface area contributed by atoms with Gasteiger partial charge in [0.25, 0.3) is 0 Å². The molecular weight excluding hydrogens is 190 g/mol. The monoisotopic (exact) mass is 205 g/mol. The molecule has 80 valence electrons. The fraction of sp³-hybridized carbons (Fsp3) is 0.500. The summed E-state index contributed by atoms with van der Waals surface area (Å²) >= 11 is 0. The van der Waals surface area contributed by atoms with Crippen LogP contribution in [0.5, 0.6) is 0 Å². The lowest BCUT2D eigenvalue weighted by molar-refractivity contribution is 0.409. The molecule has 1 aromatic heterocycles. The largest absolute Gasteiger partial charge is 0.382 e. The smallest absolute Gasteiger partial charge is 0.145 e. The van der Waals surface area contributed by atoms with E-state index in [1.807, 2.05) is 25.1 Å². The zero-order chi connectivity index (χ0) is 11.4. The number of rotatable bonds is 3. The van der Waals surface area contributed by atoms with Crippen molar-refractivity contribution in [2.24, 2.45) is 0 Å². The number of aryl methyl sites for hydroxylation is 1. The molecular formula is C10H15N5. The van der Waals surface area contributed by atoms with Gasteiger partial charge < -0.3 is 10.6 Å². The van der Waals surface area contributed by atoms with E-state index in [2.05, 4.69) is 9.97 Å². The molecule has 5 heteroatoms. The molecule has 0 radical (unpaired) electrons. The number of anilines is 1. The predicted octanol–water partition coefficient (Wildman–Crippen LogP) is 0.343. The van der Waals surface area contributed by atoms with E-state index in [1.54, 1.807) is 6.92 Å². The molecule has 2 N–H and O–H groups in total. The van der Waals surface area contributed by atoms with Crippen molar-refractivity contribution in [1.82, 2.24) is 14.9 Å². The highest BCUT2D eigenvalue weighted by Crippen LogP contribution is 2.11. The molecule has 0 fully saturated rings. The van der Waals surface area contributed by atoms with Gasteiger partial charge in [0.2, 0.25) is 0 Å². The zero-order valence-corrected chi connectivity index (χ0v) is 9.28. The molecule has 0 saturated heterocycles. The molecule has 1 heterocycles. The van der Waals surface area contributed by atoms with Crippen LogP contribution in [0.2, 0.25) is 0 Å². The second kappa shape index (κ2) is 4.71. The summed E-state index contributed by atoms with van der Waals surface area (Å²) in [7, 11) is 3.97. The van der Waals surface area contributed by atoms with Crippen molar-refractivity contribution in [3.8, 4) is 6.07 Å². The van der Waals surface area contributed by atoms with Crippen molar-refractivity contribution in [1.29, 1.82) is 5.26 Å². The third-order valence-corrected chi connectivity index (χ3v) is 2.06. The van der Waals surface area contributed by atoms with Gasteiger partial charge >= 0.3 is 0 Å². The van der Waals surface area contributed by atoms with Crippen LogP contribution in [-0.4, -0.2) is 35.5 Å². The van der Waals surface area contributed by atoms with Crippen LogP contribution >= 0.6 is 0 Å². The lowest BCUT2D eigenvalue weighted by Gasteiger charge is -2.09. The maximum Gasteiger partial charge on any atom is 0.145 e. The standard InChI is InChI=1S/C10H15N5/c1-7-8(6-11)10(12)14-9(13-7)4-5-15(2)3/h4-5H2,1-3H3,(H2,12,13,14). The normalized spacial score (nSPS) is 10.3. The first-order chi connectivity index (χ1) is 7.04. The van der Waals surface area contributed by atoms with E-state index in [9.17, 15) is 0 Å². The summed E-state index contributed by atoms with van der Waals surface area (Å²) in [6, 6.07) is 2.00. The summed E-state index contributed by atoms with van der Waals surface area (Å²) in [5, 5.41) is 8.79. The lowest BCUT2D eigenvalue weighted by atomic mass is 10.2. The number of nitrogen functional groups attached to an aromatic ring is 1. The van der Waals surface area contributed by atoms with Crippen molar-refractivity contribution in [3.63, 3.8) is 0 Å². The van der Waals surface area contributed by atoms with E-state index < -0.39 is 0 Å². The van der Waals surface area contributed by atoms with Crippen LogP contribution in [0, 0.1) is 18.3 Å². The zero-order valence-electron chi connectivity index (χ0n) is 9.28. The number of hydrogen-bond acceptors (Lipinski definition) is 5. The molecule has 0 aliphatic heterocycles. The Hall–Kier alpha value is -1.67. The van der Waals surface area contributed by atoms with Gasteiger partial charge in [-0.15, -0.1) is 0 Å². The summed E-state index contributed by atoms with van der Waals surface area (Å²) in [6.07, 6.45) is 0.740. The van der Waals surface area contributed by atoms with Gasteiger partial charge in [0.05, 0.1) is 5.69 Å². The first-order valence-electron chi connectivity index (χ1n) is 4.72. The van der Waals surface area contributed by atoms with Crippen LogP contribution < -0.4 is 5.73 Å². The Kier molecular flexibility index (Phi) is 3.58. The second-order valence-corrected chi connectivity index (χ2v) is 3.65. The minimum Gasteiger partial charge on any atom is -0.382 e. The molecule has 0 atom stereocenters. The van der Waals surface area contributed by atoms with Crippen LogP contribution in [-0.2, 0) is 6.42 Å². The molecule has 15 heavy (non-hydrogen) atoms. The van der Waals surface area contributed by atoms with Crippen LogP contribution in [0.1, 0.15) is 17.1 Å². The van der Waals surface area contributed by atoms with E-state index in [4.69, 9.17) is 11.0 Å². The third-order valence-electron chi connectivity index (χ3n) is 2.06. The van der Waals surface area contributed by atoms with Gasteiger partial charge in [0.1, 0.15) is 23.3 Å². The van der Waals surface area contributed by atoms with Gasteiger partial charge in [0.15, 0.2) is 0 Å². The van der Waals surface area contributed by atoms with Gasteiger partial charge in [0, 0.05) is 13.0 Å². The van der Waals surface area contributed by atoms with Gasteiger partial charge in [-0.3, -0.25) is 0 Å². The molecule has 0 saturated carbocycles. The number of aromatic nitrogens is 2. The summed E-state index contributed by atoms with van der Waals surface area (Å²) < 4.78 is 0. The number of likely N-dealkylation sites (N-methyl/N-ethyl adjacent to an activating group) is 1. The molecule has 0 bridgehead atoms. The van der Waals surface area contributed by atoms with Gasteiger partial charge in [-0.1, -0.05) is 0 Å². The SMILES string of the molecule is Cc1nc(CCN(C)C)nc(N)c1C#N. The molecule has 0 aliphatic rings. The quantitative estimate of drug-likeness (QED) is 0.770. The van der Waals surface area contributed by atoms with Crippen molar-refractivity contribution < 1.29 is 0 Å². The molecule has 0 spiro atoms. The van der Waals surface area contributed by atoms with Crippen molar-refractivity contribution in [2.75, 3.05) is 26.4 Å². The molecule has 0 amide bonds. The Morgan fingerprint density at radius 3 is 2.53 bits per heavy atom. The third kappa shape index (κ3) is 2.89. The van der Waals surface area contributed by atoms with Crippen LogP contribution in [0.3, 0.4) is 0 Å². The fourth-order valence-electron chi connectivity index (χ4n) is 1.23. The Morgan fingerprint density at radius 2 is 2.07 bits per heavy atom. The molecule has 5 nitrogen and oxygen atoms in total. The topological polar surface area (TPSA) is 78.8 Å². The highest BCUT2D eigenvalue weighted by molar-refractivity contribution is 5.50. The molecule has 0 unspecified atom stereocenters. The van der Waals surface area contributed by atoms with Gasteiger partial charge in [-0.25, -0.2) is 9.97 Å². The first kappa shape index (κ1) is 11.4. The maximum atomic E-state index is 8.79. The van der Waals surface area contributed by atoms with Crippen molar-refractivity contribution in [3.05, 3.63) is 17.1 Å². The van der Waals surface area contributed by atoms with E-state index in [1.165, 1.54) is 0 Å². The van der Waals surface area contributed by atoms with E-state index in [0.29, 0.717) is 17.1 Å². The summed E-state index contributed by atoms with van der Waals surface area (Å²) in [4.78, 5) is 10.4. The van der Waals surface area contributed by atoms with Crippen molar-refractivity contribution in [2.45, 2.75) is 13.3 Å². The second-order valence-electron chi connectivity index (χ2n) is 3.65. The minimum atomic E-state index is 0.277. The Balaban J connectivity index is 2.90. The number of nitrogens with two attached hydrogens (primary N) is 1. The Bertz CT molecular complexity index is 368. The molecule has 0 aliphatic carbocycles.